The maximum atomic E-state index is 12.8. The molecule has 0 N–H and O–H groups in total. The topological polar surface area (TPSA) is 16.1 Å². The first-order valence-corrected chi connectivity index (χ1v) is 6.93. The van der Waals surface area contributed by atoms with Crippen LogP contribution in [0.3, 0.4) is 0 Å². The van der Waals surface area contributed by atoms with Crippen molar-refractivity contribution in [3.63, 3.8) is 0 Å². The molecule has 2 rings (SSSR count). The molecule has 2 nitrogen and oxygen atoms in total. The third kappa shape index (κ3) is 2.83. The van der Waals surface area contributed by atoms with Crippen LogP contribution in [-0.4, -0.2) is 23.0 Å². The van der Waals surface area contributed by atoms with Crippen molar-refractivity contribution in [2.45, 2.75) is 39.2 Å². The van der Waals surface area contributed by atoms with Gasteiger partial charge in [-0.05, 0) is 38.8 Å². The van der Waals surface area contributed by atoms with Gasteiger partial charge in [-0.15, -0.1) is 11.3 Å². The van der Waals surface area contributed by atoms with E-state index in [0.29, 0.717) is 0 Å². The summed E-state index contributed by atoms with van der Waals surface area (Å²) in [5, 5.41) is 0. The molecular formula is C12H18F2N2S. The van der Waals surface area contributed by atoms with Gasteiger partial charge in [-0.1, -0.05) is 6.92 Å². The van der Waals surface area contributed by atoms with Gasteiger partial charge in [0, 0.05) is 6.04 Å². The number of thiazole rings is 1. The second kappa shape index (κ2) is 5.40. The summed E-state index contributed by atoms with van der Waals surface area (Å²) in [7, 11) is 0. The summed E-state index contributed by atoms with van der Waals surface area (Å²) in [6, 6.07) is 0.0685. The molecule has 1 aromatic heterocycles. The van der Waals surface area contributed by atoms with Crippen molar-refractivity contribution in [2.24, 2.45) is 5.92 Å². The zero-order valence-electron chi connectivity index (χ0n) is 10.2. The lowest BCUT2D eigenvalue weighted by atomic mass is 9.98. The van der Waals surface area contributed by atoms with Gasteiger partial charge in [0.2, 0.25) is 0 Å². The van der Waals surface area contributed by atoms with Crippen LogP contribution in [0.15, 0.2) is 5.51 Å². The van der Waals surface area contributed by atoms with Crippen LogP contribution in [0.1, 0.15) is 49.7 Å². The summed E-state index contributed by atoms with van der Waals surface area (Å²) in [6.07, 6.45) is -0.136. The van der Waals surface area contributed by atoms with E-state index in [1.807, 2.05) is 6.92 Å². The summed E-state index contributed by atoms with van der Waals surface area (Å²) in [5.41, 5.74) is 1.50. The number of rotatable bonds is 3. The van der Waals surface area contributed by atoms with Gasteiger partial charge in [-0.3, -0.25) is 4.90 Å². The van der Waals surface area contributed by atoms with Gasteiger partial charge in [-0.2, -0.15) is 0 Å². The molecule has 96 valence electrons. The summed E-state index contributed by atoms with van der Waals surface area (Å²) >= 11 is 1.35. The van der Waals surface area contributed by atoms with E-state index in [4.69, 9.17) is 0 Å². The van der Waals surface area contributed by atoms with Crippen LogP contribution in [-0.2, 0) is 0 Å². The van der Waals surface area contributed by atoms with E-state index in [0.717, 1.165) is 36.7 Å². The van der Waals surface area contributed by atoms with E-state index >= 15 is 0 Å². The molecule has 5 heteroatoms. The fraction of sp³-hybridized carbons (Fsp3) is 0.750. The molecule has 1 saturated heterocycles. The Morgan fingerprint density at radius 2 is 2.06 bits per heavy atom. The summed E-state index contributed by atoms with van der Waals surface area (Å²) < 4.78 is 25.6. The number of alkyl halides is 2. The third-order valence-electron chi connectivity index (χ3n) is 3.58. The van der Waals surface area contributed by atoms with Crippen molar-refractivity contribution in [3.05, 3.63) is 16.1 Å². The lowest BCUT2D eigenvalue weighted by Crippen LogP contribution is -2.35. The first kappa shape index (κ1) is 12.9. The van der Waals surface area contributed by atoms with Gasteiger partial charge in [-0.25, -0.2) is 13.8 Å². The molecule has 0 bridgehead atoms. The highest BCUT2D eigenvalue weighted by Gasteiger charge is 2.27. The Kier molecular flexibility index (Phi) is 4.09. The zero-order chi connectivity index (χ0) is 12.4. The highest BCUT2D eigenvalue weighted by molar-refractivity contribution is 7.09. The van der Waals surface area contributed by atoms with E-state index in [1.54, 1.807) is 0 Å². The number of aromatic nitrogens is 1. The minimum Gasteiger partial charge on any atom is -0.296 e. The predicted molar refractivity (Wildman–Crippen MR) is 65.5 cm³/mol. The van der Waals surface area contributed by atoms with E-state index in [-0.39, 0.29) is 11.7 Å². The number of halogens is 2. The van der Waals surface area contributed by atoms with Crippen molar-refractivity contribution >= 4 is 11.3 Å². The molecule has 17 heavy (non-hydrogen) atoms. The normalized spacial score (nSPS) is 21.0. The number of hydrogen-bond donors (Lipinski definition) is 0. The van der Waals surface area contributed by atoms with E-state index < -0.39 is 6.43 Å². The van der Waals surface area contributed by atoms with Crippen molar-refractivity contribution in [2.75, 3.05) is 13.1 Å². The van der Waals surface area contributed by atoms with Crippen molar-refractivity contribution in [1.82, 2.24) is 9.88 Å². The molecule has 0 aromatic carbocycles. The Morgan fingerprint density at radius 3 is 2.65 bits per heavy atom. The second-order valence-corrected chi connectivity index (χ2v) is 5.68. The molecule has 1 unspecified atom stereocenters. The molecule has 1 atom stereocenters. The van der Waals surface area contributed by atoms with E-state index in [1.165, 1.54) is 16.8 Å². The Labute approximate surface area is 105 Å². The van der Waals surface area contributed by atoms with Crippen LogP contribution < -0.4 is 0 Å². The Bertz CT molecular complexity index is 359. The molecule has 0 aliphatic carbocycles. The third-order valence-corrected chi connectivity index (χ3v) is 4.59. The van der Waals surface area contributed by atoms with Gasteiger partial charge in [0.1, 0.15) is 5.69 Å². The average Bonchev–Trinajstić information content (AvgIpc) is 2.78. The predicted octanol–water partition coefficient (Wildman–Crippen LogP) is 3.87. The van der Waals surface area contributed by atoms with Gasteiger partial charge < -0.3 is 0 Å². The van der Waals surface area contributed by atoms with Crippen LogP contribution in [0.4, 0.5) is 8.78 Å². The lowest BCUT2D eigenvalue weighted by molar-refractivity contribution is 0.130. The fourth-order valence-corrected chi connectivity index (χ4v) is 3.21. The highest BCUT2D eigenvalue weighted by Crippen LogP contribution is 2.34. The SMILES string of the molecule is CC1CCN(C(C)c2scnc2C(F)F)CC1. The largest absolute Gasteiger partial charge is 0.296 e. The Morgan fingerprint density at radius 1 is 1.41 bits per heavy atom. The van der Waals surface area contributed by atoms with Gasteiger partial charge in [0.05, 0.1) is 10.4 Å². The molecule has 1 fully saturated rings. The van der Waals surface area contributed by atoms with Crippen LogP contribution in [0.5, 0.6) is 0 Å². The molecule has 0 saturated carbocycles. The molecule has 1 aliphatic rings. The quantitative estimate of drug-likeness (QED) is 0.820. The minimum atomic E-state index is -2.46. The zero-order valence-corrected chi connectivity index (χ0v) is 11.0. The van der Waals surface area contributed by atoms with E-state index in [2.05, 4.69) is 16.8 Å². The Hall–Kier alpha value is -0.550. The van der Waals surface area contributed by atoms with Gasteiger partial charge >= 0.3 is 0 Å². The maximum Gasteiger partial charge on any atom is 0.281 e. The summed E-state index contributed by atoms with van der Waals surface area (Å²) in [6.45, 7) is 6.26. The summed E-state index contributed by atoms with van der Waals surface area (Å²) in [5.74, 6) is 0.759. The number of nitrogens with zero attached hydrogens (tertiary/aromatic N) is 2. The first-order chi connectivity index (χ1) is 8.09. The van der Waals surface area contributed by atoms with Crippen LogP contribution in [0, 0.1) is 5.92 Å². The molecule has 0 spiro atoms. The average molecular weight is 260 g/mol. The van der Waals surface area contributed by atoms with Crippen molar-refractivity contribution in [3.8, 4) is 0 Å². The number of hydrogen-bond acceptors (Lipinski definition) is 3. The van der Waals surface area contributed by atoms with Crippen LogP contribution >= 0.6 is 11.3 Å². The monoisotopic (exact) mass is 260 g/mol. The first-order valence-electron chi connectivity index (χ1n) is 6.05. The molecule has 0 amide bonds. The van der Waals surface area contributed by atoms with Crippen LogP contribution in [0.25, 0.3) is 0 Å². The van der Waals surface area contributed by atoms with Crippen molar-refractivity contribution < 1.29 is 8.78 Å². The second-order valence-electron chi connectivity index (χ2n) is 4.80. The Balaban J connectivity index is 2.08. The molecule has 1 aliphatic heterocycles. The molecule has 0 radical (unpaired) electrons. The number of piperidine rings is 1. The highest BCUT2D eigenvalue weighted by atomic mass is 32.1. The molecule has 1 aromatic rings. The standard InChI is InChI=1S/C12H18F2N2S/c1-8-3-5-16(6-4-8)9(2)11-10(12(13)14)15-7-17-11/h7-9,12H,3-6H2,1-2H3. The molecular weight excluding hydrogens is 242 g/mol. The molecule has 2 heterocycles. The van der Waals surface area contributed by atoms with Crippen LogP contribution in [0.2, 0.25) is 0 Å². The van der Waals surface area contributed by atoms with Gasteiger partial charge in [0.15, 0.2) is 0 Å². The minimum absolute atomic E-state index is 0.0267. The summed E-state index contributed by atoms with van der Waals surface area (Å²) in [4.78, 5) is 6.81. The lowest BCUT2D eigenvalue weighted by Gasteiger charge is -2.34. The fourth-order valence-electron chi connectivity index (χ4n) is 2.32. The smallest absolute Gasteiger partial charge is 0.281 e. The number of likely N-dealkylation sites (tertiary alicyclic amines) is 1. The van der Waals surface area contributed by atoms with Gasteiger partial charge in [0.25, 0.3) is 6.43 Å². The van der Waals surface area contributed by atoms with E-state index in [9.17, 15) is 8.78 Å². The maximum absolute atomic E-state index is 12.8. The van der Waals surface area contributed by atoms with Crippen molar-refractivity contribution in [1.29, 1.82) is 0 Å².